The minimum atomic E-state index is 0.640. The maximum atomic E-state index is 6.29. The second kappa shape index (κ2) is 6.27. The summed E-state index contributed by atoms with van der Waals surface area (Å²) in [6.45, 7) is 1.71. The Morgan fingerprint density at radius 1 is 1.05 bits per heavy atom. The molecule has 0 radical (unpaired) electrons. The van der Waals surface area contributed by atoms with Crippen LogP contribution < -0.4 is 5.73 Å². The molecule has 0 aliphatic heterocycles. The summed E-state index contributed by atoms with van der Waals surface area (Å²) >= 11 is 12.4. The normalized spacial score (nSPS) is 14.6. The van der Waals surface area contributed by atoms with E-state index in [1.807, 2.05) is 36.4 Å². The Labute approximate surface area is 135 Å². The number of anilines is 1. The Morgan fingerprint density at radius 2 is 1.86 bits per heavy atom. The van der Waals surface area contributed by atoms with Gasteiger partial charge < -0.3 is 5.73 Å². The highest BCUT2D eigenvalue weighted by Gasteiger charge is 2.29. The monoisotopic (exact) mass is 320 g/mol. The quantitative estimate of drug-likeness (QED) is 0.806. The first-order valence-corrected chi connectivity index (χ1v) is 7.90. The number of hydrogen-bond donors (Lipinski definition) is 1. The Balaban J connectivity index is 1.77. The fourth-order valence-corrected chi connectivity index (χ4v) is 2.94. The summed E-state index contributed by atoms with van der Waals surface area (Å²) in [5.41, 5.74) is 8.99. The zero-order valence-corrected chi connectivity index (χ0v) is 13.2. The van der Waals surface area contributed by atoms with Gasteiger partial charge in [-0.15, -0.1) is 0 Å². The zero-order valence-electron chi connectivity index (χ0n) is 11.7. The summed E-state index contributed by atoms with van der Waals surface area (Å²) in [6.07, 6.45) is 2.50. The number of benzene rings is 2. The lowest BCUT2D eigenvalue weighted by atomic mass is 10.1. The molecular weight excluding hydrogens is 303 g/mol. The molecule has 0 saturated heterocycles. The summed E-state index contributed by atoms with van der Waals surface area (Å²) in [5, 5.41) is 1.51. The number of rotatable bonds is 5. The lowest BCUT2D eigenvalue weighted by Crippen LogP contribution is -2.25. The van der Waals surface area contributed by atoms with E-state index in [0.717, 1.165) is 34.4 Å². The van der Waals surface area contributed by atoms with Gasteiger partial charge in [0, 0.05) is 34.9 Å². The van der Waals surface area contributed by atoms with E-state index in [1.165, 1.54) is 18.4 Å². The number of nitrogens with zero attached hydrogens (tertiary/aromatic N) is 1. The predicted octanol–water partition coefficient (Wildman–Crippen LogP) is 4.74. The fraction of sp³-hybridized carbons (Fsp3) is 0.294. The van der Waals surface area contributed by atoms with Crippen molar-refractivity contribution in [2.75, 3.05) is 5.73 Å². The average Bonchev–Trinajstić information content (AvgIpc) is 3.27. The van der Waals surface area contributed by atoms with Gasteiger partial charge in [0.25, 0.3) is 0 Å². The maximum Gasteiger partial charge on any atom is 0.0452 e. The second-order valence-electron chi connectivity index (χ2n) is 5.62. The summed E-state index contributed by atoms with van der Waals surface area (Å²) in [4.78, 5) is 2.45. The van der Waals surface area contributed by atoms with E-state index in [0.29, 0.717) is 6.04 Å². The molecule has 1 saturated carbocycles. The van der Waals surface area contributed by atoms with Crippen LogP contribution in [0.4, 0.5) is 5.69 Å². The van der Waals surface area contributed by atoms with Crippen LogP contribution in [-0.2, 0) is 13.1 Å². The summed E-state index contributed by atoms with van der Waals surface area (Å²) in [7, 11) is 0. The van der Waals surface area contributed by atoms with E-state index in [1.54, 1.807) is 0 Å². The molecule has 4 heteroatoms. The number of hydrogen-bond acceptors (Lipinski definition) is 2. The molecule has 0 amide bonds. The molecule has 1 fully saturated rings. The lowest BCUT2D eigenvalue weighted by Gasteiger charge is -2.23. The van der Waals surface area contributed by atoms with Crippen molar-refractivity contribution in [2.24, 2.45) is 0 Å². The van der Waals surface area contributed by atoms with Gasteiger partial charge in [-0.2, -0.15) is 0 Å². The van der Waals surface area contributed by atoms with Crippen molar-refractivity contribution >= 4 is 28.9 Å². The molecule has 0 spiro atoms. The molecular formula is C17H18Cl2N2. The largest absolute Gasteiger partial charge is 0.399 e. The van der Waals surface area contributed by atoms with Crippen LogP contribution in [0.1, 0.15) is 24.0 Å². The van der Waals surface area contributed by atoms with Gasteiger partial charge in [0.1, 0.15) is 0 Å². The average molecular weight is 321 g/mol. The molecule has 0 heterocycles. The van der Waals surface area contributed by atoms with E-state index in [-0.39, 0.29) is 0 Å². The SMILES string of the molecule is Nc1cccc(CN(Cc2cc(Cl)ccc2Cl)C2CC2)c1. The maximum absolute atomic E-state index is 6.29. The van der Waals surface area contributed by atoms with Gasteiger partial charge in [-0.1, -0.05) is 35.3 Å². The molecule has 2 nitrogen and oxygen atoms in total. The van der Waals surface area contributed by atoms with Gasteiger partial charge >= 0.3 is 0 Å². The summed E-state index contributed by atoms with van der Waals surface area (Å²) < 4.78 is 0. The highest BCUT2D eigenvalue weighted by Crippen LogP contribution is 2.32. The molecule has 2 N–H and O–H groups in total. The van der Waals surface area contributed by atoms with Crippen LogP contribution in [0.15, 0.2) is 42.5 Å². The van der Waals surface area contributed by atoms with Crippen LogP contribution >= 0.6 is 23.2 Å². The van der Waals surface area contributed by atoms with Crippen molar-refractivity contribution in [1.29, 1.82) is 0 Å². The van der Waals surface area contributed by atoms with Gasteiger partial charge in [0.2, 0.25) is 0 Å². The number of nitrogens with two attached hydrogens (primary N) is 1. The van der Waals surface area contributed by atoms with Crippen LogP contribution in [-0.4, -0.2) is 10.9 Å². The minimum Gasteiger partial charge on any atom is -0.399 e. The van der Waals surface area contributed by atoms with E-state index < -0.39 is 0 Å². The number of nitrogen functional groups attached to an aromatic ring is 1. The van der Waals surface area contributed by atoms with Crippen LogP contribution in [0, 0.1) is 0 Å². The number of halogens is 2. The van der Waals surface area contributed by atoms with Crippen LogP contribution in [0.25, 0.3) is 0 Å². The molecule has 2 aromatic carbocycles. The topological polar surface area (TPSA) is 29.3 Å². The highest BCUT2D eigenvalue weighted by molar-refractivity contribution is 6.33. The first-order valence-electron chi connectivity index (χ1n) is 7.14. The van der Waals surface area contributed by atoms with Crippen LogP contribution in [0.2, 0.25) is 10.0 Å². The zero-order chi connectivity index (χ0) is 14.8. The van der Waals surface area contributed by atoms with Gasteiger partial charge in [-0.3, -0.25) is 4.90 Å². The third-order valence-corrected chi connectivity index (χ3v) is 4.38. The second-order valence-corrected chi connectivity index (χ2v) is 6.46. The molecule has 0 aromatic heterocycles. The van der Waals surface area contributed by atoms with Crippen molar-refractivity contribution in [3.05, 3.63) is 63.6 Å². The Kier molecular flexibility index (Phi) is 4.39. The molecule has 2 aromatic rings. The third kappa shape index (κ3) is 3.91. The van der Waals surface area contributed by atoms with E-state index >= 15 is 0 Å². The first kappa shape index (κ1) is 14.7. The van der Waals surface area contributed by atoms with Crippen molar-refractivity contribution in [2.45, 2.75) is 32.0 Å². The predicted molar refractivity (Wildman–Crippen MR) is 89.6 cm³/mol. The summed E-state index contributed by atoms with van der Waals surface area (Å²) in [6, 6.07) is 14.4. The molecule has 21 heavy (non-hydrogen) atoms. The molecule has 0 atom stereocenters. The van der Waals surface area contributed by atoms with Gasteiger partial charge in [0.05, 0.1) is 0 Å². The van der Waals surface area contributed by atoms with Crippen molar-refractivity contribution < 1.29 is 0 Å². The Morgan fingerprint density at radius 3 is 2.57 bits per heavy atom. The highest BCUT2D eigenvalue weighted by atomic mass is 35.5. The van der Waals surface area contributed by atoms with Gasteiger partial charge in [-0.05, 0) is 54.3 Å². The molecule has 1 aliphatic rings. The molecule has 0 bridgehead atoms. The Bertz CT molecular complexity index is 638. The van der Waals surface area contributed by atoms with E-state index in [4.69, 9.17) is 28.9 Å². The standard InChI is InChI=1S/C17H18Cl2N2/c18-14-4-7-17(19)13(9-14)11-21(16-5-6-16)10-12-2-1-3-15(20)8-12/h1-4,7-9,16H,5-6,10-11,20H2. The molecule has 110 valence electrons. The first-order chi connectivity index (χ1) is 10.1. The fourth-order valence-electron chi connectivity index (χ4n) is 2.56. The molecule has 3 rings (SSSR count). The molecule has 1 aliphatic carbocycles. The van der Waals surface area contributed by atoms with E-state index in [9.17, 15) is 0 Å². The Hall–Kier alpha value is -1.22. The van der Waals surface area contributed by atoms with Gasteiger partial charge in [0.15, 0.2) is 0 Å². The molecule has 0 unspecified atom stereocenters. The smallest absolute Gasteiger partial charge is 0.0452 e. The van der Waals surface area contributed by atoms with E-state index in [2.05, 4.69) is 11.0 Å². The van der Waals surface area contributed by atoms with Crippen molar-refractivity contribution in [3.8, 4) is 0 Å². The minimum absolute atomic E-state index is 0.640. The third-order valence-electron chi connectivity index (χ3n) is 3.78. The van der Waals surface area contributed by atoms with Crippen molar-refractivity contribution in [3.63, 3.8) is 0 Å². The van der Waals surface area contributed by atoms with Gasteiger partial charge in [-0.25, -0.2) is 0 Å². The van der Waals surface area contributed by atoms with Crippen LogP contribution in [0.3, 0.4) is 0 Å². The van der Waals surface area contributed by atoms with Crippen molar-refractivity contribution in [1.82, 2.24) is 4.90 Å². The summed E-state index contributed by atoms with van der Waals surface area (Å²) in [5.74, 6) is 0. The lowest BCUT2D eigenvalue weighted by molar-refractivity contribution is 0.246. The van der Waals surface area contributed by atoms with Crippen LogP contribution in [0.5, 0.6) is 0 Å².